The molecule has 1 aromatic heterocycles. The van der Waals surface area contributed by atoms with Crippen LogP contribution in [-0.2, 0) is 23.6 Å². The van der Waals surface area contributed by atoms with Crippen molar-refractivity contribution in [2.75, 3.05) is 0 Å². The van der Waals surface area contributed by atoms with Crippen molar-refractivity contribution in [3.05, 3.63) is 188 Å². The van der Waals surface area contributed by atoms with E-state index in [1.807, 2.05) is 6.20 Å². The Hall–Kier alpha value is -4.23. The fourth-order valence-electron chi connectivity index (χ4n) is 6.11. The average molecular weight is 664 g/mol. The predicted octanol–water partition coefficient (Wildman–Crippen LogP) is 7.93. The summed E-state index contributed by atoms with van der Waals surface area (Å²) >= 11 is 13.5. The van der Waals surface area contributed by atoms with Crippen LogP contribution in [0.4, 0.5) is 0 Å². The zero-order chi connectivity index (χ0) is 31.4. The number of rotatable bonds is 8. The van der Waals surface area contributed by atoms with Crippen molar-refractivity contribution in [3.63, 3.8) is 0 Å². The molecule has 0 fully saturated rings. The smallest absolute Gasteiger partial charge is 0.0715 e. The van der Waals surface area contributed by atoms with Crippen LogP contribution in [0.2, 0.25) is 0 Å². The predicted molar refractivity (Wildman–Crippen MR) is 207 cm³/mol. The lowest BCUT2D eigenvalue weighted by Crippen LogP contribution is -2.26. The summed E-state index contributed by atoms with van der Waals surface area (Å²) < 4.78 is 0. The van der Waals surface area contributed by atoms with Gasteiger partial charge in [0, 0.05) is 34.4 Å². The maximum absolute atomic E-state index is 6.78. The normalized spacial score (nSPS) is 11.7. The molecule has 7 rings (SSSR count). The average Bonchev–Trinajstić information content (AvgIpc) is 3.15. The van der Waals surface area contributed by atoms with Crippen LogP contribution in [0.25, 0.3) is 22.4 Å². The molecule has 0 radical (unpaired) electrons. The molecule has 222 valence electrons. The Bertz CT molecular complexity index is 1960. The summed E-state index contributed by atoms with van der Waals surface area (Å²) in [6.45, 7) is 0. The van der Waals surface area contributed by atoms with E-state index in [0.717, 1.165) is 38.3 Å². The zero-order valence-electron chi connectivity index (χ0n) is 25.1. The highest BCUT2D eigenvalue weighted by Crippen LogP contribution is 2.47. The van der Waals surface area contributed by atoms with Gasteiger partial charge in [0.05, 0.1) is 5.69 Å². The largest absolute Gasteiger partial charge is 0.256 e. The van der Waals surface area contributed by atoms with Crippen molar-refractivity contribution < 1.29 is 0 Å². The summed E-state index contributed by atoms with van der Waals surface area (Å²) in [5, 5.41) is 6.99. The van der Waals surface area contributed by atoms with E-state index < -0.39 is 12.1 Å². The fraction of sp³-hybridized carbons (Fsp3) is 0. The van der Waals surface area contributed by atoms with E-state index in [2.05, 4.69) is 182 Å². The lowest BCUT2D eigenvalue weighted by atomic mass is 10.0. The van der Waals surface area contributed by atoms with Gasteiger partial charge < -0.3 is 0 Å². The molecule has 1 heterocycles. The van der Waals surface area contributed by atoms with Crippen LogP contribution in [0.1, 0.15) is 0 Å². The summed E-state index contributed by atoms with van der Waals surface area (Å²) in [4.78, 5) is 4.96. The Kier molecular flexibility index (Phi) is 8.76. The minimum Gasteiger partial charge on any atom is -0.256 e. The second-order valence-corrected chi connectivity index (χ2v) is 19.8. The molecule has 1 nitrogen and oxygen atoms in total. The first kappa shape index (κ1) is 30.4. The highest BCUT2D eigenvalue weighted by molar-refractivity contribution is 8.26. The van der Waals surface area contributed by atoms with Crippen LogP contribution in [-0.4, -0.2) is 4.98 Å². The molecule has 0 bridgehead atoms. The van der Waals surface area contributed by atoms with Crippen LogP contribution >= 0.6 is 12.1 Å². The van der Waals surface area contributed by atoms with E-state index in [1.165, 1.54) is 15.9 Å². The number of hydrogen-bond acceptors (Lipinski definition) is 3. The maximum Gasteiger partial charge on any atom is 0.0715 e. The van der Waals surface area contributed by atoms with E-state index >= 15 is 0 Å². The van der Waals surface area contributed by atoms with Gasteiger partial charge in [0.25, 0.3) is 0 Å². The molecule has 0 N–H and O–H groups in total. The van der Waals surface area contributed by atoms with Gasteiger partial charge >= 0.3 is 0 Å². The van der Waals surface area contributed by atoms with Gasteiger partial charge in [0.15, 0.2) is 0 Å². The Morgan fingerprint density at radius 1 is 0.370 bits per heavy atom. The molecule has 0 aliphatic carbocycles. The highest BCUT2D eigenvalue weighted by atomic mass is 32.4. The van der Waals surface area contributed by atoms with Crippen molar-refractivity contribution in [1.29, 1.82) is 0 Å². The van der Waals surface area contributed by atoms with Gasteiger partial charge in [-0.05, 0) is 44.5 Å². The van der Waals surface area contributed by atoms with Crippen LogP contribution in [0.3, 0.4) is 0 Å². The summed E-state index contributed by atoms with van der Waals surface area (Å²) in [7, 11) is 0. The van der Waals surface area contributed by atoms with Crippen LogP contribution < -0.4 is 31.8 Å². The van der Waals surface area contributed by atoms with E-state index in [1.54, 1.807) is 0 Å². The first-order valence-electron chi connectivity index (χ1n) is 15.2. The van der Waals surface area contributed by atoms with Gasteiger partial charge in [-0.1, -0.05) is 193 Å². The third-order valence-corrected chi connectivity index (χ3v) is 18.3. The molecule has 0 unspecified atom stereocenters. The monoisotopic (exact) mass is 663 g/mol. The second kappa shape index (κ2) is 13.2. The molecule has 0 saturated carbocycles. The number of hydrogen-bond donors (Lipinski definition) is 0. The lowest BCUT2D eigenvalue weighted by molar-refractivity contribution is 1.33. The number of nitrogens with zero attached hydrogens (tertiary/aromatic N) is 1. The highest BCUT2D eigenvalue weighted by Gasteiger charge is 2.29. The molecular formula is C41H31NP2S2. The molecule has 0 saturated heterocycles. The van der Waals surface area contributed by atoms with Gasteiger partial charge in [-0.3, -0.25) is 4.98 Å². The van der Waals surface area contributed by atoms with E-state index in [4.69, 9.17) is 28.6 Å². The molecule has 0 amide bonds. The molecule has 0 spiro atoms. The topological polar surface area (TPSA) is 12.9 Å². The Labute approximate surface area is 281 Å². The van der Waals surface area contributed by atoms with Gasteiger partial charge in [-0.15, -0.1) is 0 Å². The first-order valence-corrected chi connectivity index (χ1v) is 20.8. The van der Waals surface area contributed by atoms with Crippen molar-refractivity contribution in [1.82, 2.24) is 4.98 Å². The van der Waals surface area contributed by atoms with E-state index in [-0.39, 0.29) is 0 Å². The van der Waals surface area contributed by atoms with Crippen LogP contribution in [0.5, 0.6) is 0 Å². The maximum atomic E-state index is 6.78. The molecule has 46 heavy (non-hydrogen) atoms. The SMILES string of the molecule is S=P(c1ccccc1)(c1ccccc1)c1ccccc1-c1ccnc(-c2ccccc2P(=S)(c2ccccc2)c2ccccc2)c1. The van der Waals surface area contributed by atoms with Crippen molar-refractivity contribution in [3.8, 4) is 22.4 Å². The minimum absolute atomic E-state index is 0.900. The van der Waals surface area contributed by atoms with E-state index in [0.29, 0.717) is 0 Å². The van der Waals surface area contributed by atoms with Gasteiger partial charge in [0.2, 0.25) is 0 Å². The molecule has 7 aromatic rings. The molecular weight excluding hydrogens is 633 g/mol. The molecule has 0 atom stereocenters. The number of benzene rings is 6. The van der Waals surface area contributed by atoms with Crippen LogP contribution in [0, 0.1) is 0 Å². The summed E-state index contributed by atoms with van der Waals surface area (Å²) in [6.07, 6.45) is 1.92. The molecule has 5 heteroatoms. The van der Waals surface area contributed by atoms with Crippen molar-refractivity contribution >= 4 is 67.5 Å². The Morgan fingerprint density at radius 3 is 1.15 bits per heavy atom. The number of pyridine rings is 1. The number of aromatic nitrogens is 1. The molecule has 6 aromatic carbocycles. The zero-order valence-corrected chi connectivity index (χ0v) is 28.5. The minimum atomic E-state index is -2.40. The summed E-state index contributed by atoms with van der Waals surface area (Å²) in [5.74, 6) is 0. The van der Waals surface area contributed by atoms with Crippen molar-refractivity contribution in [2.24, 2.45) is 0 Å². The third-order valence-electron chi connectivity index (χ3n) is 8.31. The molecule has 0 aliphatic rings. The van der Waals surface area contributed by atoms with E-state index in [9.17, 15) is 0 Å². The van der Waals surface area contributed by atoms with Crippen LogP contribution in [0.15, 0.2) is 188 Å². The van der Waals surface area contributed by atoms with Gasteiger partial charge in [0.1, 0.15) is 0 Å². The summed E-state index contributed by atoms with van der Waals surface area (Å²) in [6, 6.07) is 59.0. The Morgan fingerprint density at radius 2 is 0.717 bits per heavy atom. The van der Waals surface area contributed by atoms with Gasteiger partial charge in [-0.2, -0.15) is 0 Å². The van der Waals surface area contributed by atoms with Crippen molar-refractivity contribution in [2.45, 2.75) is 0 Å². The quantitative estimate of drug-likeness (QED) is 0.153. The Balaban J connectivity index is 1.42. The third kappa shape index (κ3) is 5.55. The fourth-order valence-corrected chi connectivity index (χ4v) is 14.3. The van der Waals surface area contributed by atoms with Gasteiger partial charge in [-0.25, -0.2) is 0 Å². The summed E-state index contributed by atoms with van der Waals surface area (Å²) in [5.41, 5.74) is 4.18. The standard InChI is InChI=1S/C41H31NP2S2/c45-43(33-17-5-1-6-18-33,34-19-7-2-8-20-34)40-27-15-13-25-37(40)32-29-30-42-39(31-32)38-26-14-16-28-41(38)44(46,35-21-9-3-10-22-35)36-23-11-4-12-24-36/h1-31H. The first-order chi connectivity index (χ1) is 22.6. The molecule has 0 aliphatic heterocycles. The lowest BCUT2D eigenvalue weighted by Gasteiger charge is -2.27. The second-order valence-electron chi connectivity index (χ2n) is 11.0.